The molecule has 4 amide bonds. The Balaban J connectivity index is 2.17. The molecule has 1 unspecified atom stereocenters. The van der Waals surface area contributed by atoms with Crippen LogP contribution in [0.15, 0.2) is 24.3 Å². The average molecular weight is 347 g/mol. The van der Waals surface area contributed by atoms with E-state index in [4.69, 9.17) is 0 Å². The van der Waals surface area contributed by atoms with Crippen molar-refractivity contribution in [1.29, 1.82) is 0 Å². The lowest BCUT2D eigenvalue weighted by molar-refractivity contribution is -0.140. The molecule has 0 aliphatic carbocycles. The number of aliphatic carboxylic acids is 1. The van der Waals surface area contributed by atoms with E-state index in [9.17, 15) is 24.3 Å². The van der Waals surface area contributed by atoms with E-state index < -0.39 is 35.4 Å². The van der Waals surface area contributed by atoms with Gasteiger partial charge in [-0.3, -0.25) is 14.9 Å². The zero-order valence-corrected chi connectivity index (χ0v) is 14.3. The Morgan fingerprint density at radius 1 is 1.24 bits per heavy atom. The number of nitrogens with one attached hydrogen (secondary N) is 3. The minimum absolute atomic E-state index is 0.211. The number of carboxylic acid groups (broad SMARTS) is 1. The lowest BCUT2D eigenvalue weighted by atomic mass is 9.91. The van der Waals surface area contributed by atoms with E-state index in [1.807, 2.05) is 6.92 Å². The second-order valence-electron chi connectivity index (χ2n) is 6.29. The van der Waals surface area contributed by atoms with E-state index in [-0.39, 0.29) is 11.5 Å². The summed E-state index contributed by atoms with van der Waals surface area (Å²) >= 11 is 0. The SMILES string of the molecule is CC[C@H](C)[C@H](NC(=O)c1ccc(C2(C)NC(=O)NC2=O)cc1)C(=O)O. The van der Waals surface area contributed by atoms with Gasteiger partial charge in [-0.15, -0.1) is 0 Å². The Morgan fingerprint density at radius 2 is 1.84 bits per heavy atom. The first-order chi connectivity index (χ1) is 11.7. The molecule has 8 nitrogen and oxygen atoms in total. The number of rotatable bonds is 6. The van der Waals surface area contributed by atoms with E-state index >= 15 is 0 Å². The molecule has 8 heteroatoms. The van der Waals surface area contributed by atoms with E-state index in [2.05, 4.69) is 16.0 Å². The molecule has 25 heavy (non-hydrogen) atoms. The molecule has 0 aromatic heterocycles. The van der Waals surface area contributed by atoms with Gasteiger partial charge in [0, 0.05) is 5.56 Å². The van der Waals surface area contributed by atoms with Crippen molar-refractivity contribution in [2.24, 2.45) is 5.92 Å². The van der Waals surface area contributed by atoms with E-state index in [0.717, 1.165) is 0 Å². The van der Waals surface area contributed by atoms with Crippen molar-refractivity contribution in [2.45, 2.75) is 38.8 Å². The fraction of sp³-hybridized carbons (Fsp3) is 0.412. The molecule has 1 saturated heterocycles. The van der Waals surface area contributed by atoms with Crippen molar-refractivity contribution in [3.05, 3.63) is 35.4 Å². The molecule has 3 atom stereocenters. The summed E-state index contributed by atoms with van der Waals surface area (Å²) in [5.41, 5.74) is -0.414. The first-order valence-electron chi connectivity index (χ1n) is 7.96. The van der Waals surface area contributed by atoms with Crippen LogP contribution in [0.25, 0.3) is 0 Å². The normalized spacial score (nSPS) is 21.9. The summed E-state index contributed by atoms with van der Waals surface area (Å²) in [5.74, 6) is -2.28. The molecule has 0 saturated carbocycles. The largest absolute Gasteiger partial charge is 0.480 e. The zero-order chi connectivity index (χ0) is 18.8. The number of amides is 4. The zero-order valence-electron chi connectivity index (χ0n) is 14.3. The highest BCUT2D eigenvalue weighted by atomic mass is 16.4. The van der Waals surface area contributed by atoms with Gasteiger partial charge in [-0.2, -0.15) is 0 Å². The lowest BCUT2D eigenvalue weighted by Gasteiger charge is -2.22. The summed E-state index contributed by atoms with van der Waals surface area (Å²) in [6, 6.07) is 4.53. The number of urea groups is 1. The van der Waals surface area contributed by atoms with Crippen LogP contribution >= 0.6 is 0 Å². The maximum absolute atomic E-state index is 12.3. The maximum atomic E-state index is 12.3. The molecule has 1 aromatic carbocycles. The topological polar surface area (TPSA) is 125 Å². The molecular formula is C17H21N3O5. The van der Waals surface area contributed by atoms with Crippen molar-refractivity contribution in [2.75, 3.05) is 0 Å². The van der Waals surface area contributed by atoms with Crippen LogP contribution in [-0.4, -0.2) is 35.0 Å². The summed E-state index contributed by atoms with van der Waals surface area (Å²) in [6.45, 7) is 5.17. The van der Waals surface area contributed by atoms with E-state index in [1.54, 1.807) is 26.0 Å². The lowest BCUT2D eigenvalue weighted by Crippen LogP contribution is -2.45. The molecule has 134 valence electrons. The van der Waals surface area contributed by atoms with Crippen LogP contribution in [0.2, 0.25) is 0 Å². The first kappa shape index (κ1) is 18.4. The fourth-order valence-electron chi connectivity index (χ4n) is 2.61. The van der Waals surface area contributed by atoms with Crippen LogP contribution in [-0.2, 0) is 15.1 Å². The summed E-state index contributed by atoms with van der Waals surface area (Å²) in [4.78, 5) is 46.8. The Labute approximate surface area is 145 Å². The molecular weight excluding hydrogens is 326 g/mol. The standard InChI is InChI=1S/C17H21N3O5/c1-4-9(2)12(14(22)23)18-13(21)10-5-7-11(8-6-10)17(3)15(24)19-16(25)20-17/h5-9,12H,4H2,1-3H3,(H,18,21)(H,22,23)(H2,19,20,24,25)/t9-,12-,17?/m0/s1. The molecule has 1 aromatic rings. The average Bonchev–Trinajstić information content (AvgIpc) is 2.84. The first-order valence-corrected chi connectivity index (χ1v) is 7.96. The van der Waals surface area contributed by atoms with Crippen molar-refractivity contribution >= 4 is 23.8 Å². The number of carbonyl (C=O) groups excluding carboxylic acids is 3. The third kappa shape index (κ3) is 3.62. The smallest absolute Gasteiger partial charge is 0.326 e. The molecule has 1 aliphatic rings. The summed E-state index contributed by atoms with van der Waals surface area (Å²) < 4.78 is 0. The Morgan fingerprint density at radius 3 is 2.28 bits per heavy atom. The van der Waals surface area contributed by atoms with Crippen LogP contribution in [0.1, 0.15) is 43.1 Å². The predicted molar refractivity (Wildman–Crippen MR) is 88.8 cm³/mol. The van der Waals surface area contributed by atoms with Gasteiger partial charge in [0.05, 0.1) is 0 Å². The molecule has 1 heterocycles. The molecule has 1 aliphatic heterocycles. The fourth-order valence-corrected chi connectivity index (χ4v) is 2.61. The number of carboxylic acids is 1. The van der Waals surface area contributed by atoms with Crippen LogP contribution in [0.4, 0.5) is 4.79 Å². The third-order valence-corrected chi connectivity index (χ3v) is 4.53. The molecule has 0 bridgehead atoms. The van der Waals surface area contributed by atoms with Gasteiger partial charge in [-0.1, -0.05) is 32.4 Å². The molecule has 2 rings (SSSR count). The second-order valence-corrected chi connectivity index (χ2v) is 6.29. The van der Waals surface area contributed by atoms with Crippen molar-refractivity contribution in [3.63, 3.8) is 0 Å². The molecule has 1 fully saturated rings. The maximum Gasteiger partial charge on any atom is 0.326 e. The highest BCUT2D eigenvalue weighted by Crippen LogP contribution is 2.24. The minimum atomic E-state index is -1.20. The minimum Gasteiger partial charge on any atom is -0.480 e. The molecule has 4 N–H and O–H groups in total. The summed E-state index contributed by atoms with van der Waals surface area (Å²) in [6.07, 6.45) is 0.614. The number of imide groups is 1. The number of benzene rings is 1. The Hall–Kier alpha value is -2.90. The van der Waals surface area contributed by atoms with Gasteiger partial charge in [0.1, 0.15) is 11.6 Å². The van der Waals surface area contributed by atoms with Crippen LogP contribution in [0, 0.1) is 5.92 Å². The second kappa shape index (κ2) is 6.92. The van der Waals surface area contributed by atoms with Gasteiger partial charge in [0.15, 0.2) is 0 Å². The number of hydrogen-bond donors (Lipinski definition) is 4. The van der Waals surface area contributed by atoms with Crippen molar-refractivity contribution in [1.82, 2.24) is 16.0 Å². The Bertz CT molecular complexity index is 715. The van der Waals surface area contributed by atoms with Gasteiger partial charge in [0.2, 0.25) is 0 Å². The Kier molecular flexibility index (Phi) is 5.10. The predicted octanol–water partition coefficient (Wildman–Crippen LogP) is 0.970. The number of carbonyl (C=O) groups is 4. The van der Waals surface area contributed by atoms with Crippen molar-refractivity contribution in [3.8, 4) is 0 Å². The van der Waals surface area contributed by atoms with E-state index in [1.165, 1.54) is 12.1 Å². The molecule has 0 radical (unpaired) electrons. The van der Waals surface area contributed by atoms with Crippen molar-refractivity contribution < 1.29 is 24.3 Å². The van der Waals surface area contributed by atoms with Crippen LogP contribution < -0.4 is 16.0 Å². The third-order valence-electron chi connectivity index (χ3n) is 4.53. The van der Waals surface area contributed by atoms with Gasteiger partial charge in [0.25, 0.3) is 11.8 Å². The quantitative estimate of drug-likeness (QED) is 0.571. The van der Waals surface area contributed by atoms with Gasteiger partial charge in [-0.05, 0) is 30.5 Å². The van der Waals surface area contributed by atoms with Crippen LogP contribution in [0.5, 0.6) is 0 Å². The van der Waals surface area contributed by atoms with Gasteiger partial charge in [-0.25, -0.2) is 9.59 Å². The van der Waals surface area contributed by atoms with Gasteiger partial charge >= 0.3 is 12.0 Å². The number of hydrogen-bond acceptors (Lipinski definition) is 4. The van der Waals surface area contributed by atoms with Crippen LogP contribution in [0.3, 0.4) is 0 Å². The summed E-state index contributed by atoms with van der Waals surface area (Å²) in [5, 5.41) is 16.5. The summed E-state index contributed by atoms with van der Waals surface area (Å²) in [7, 11) is 0. The highest BCUT2D eigenvalue weighted by Gasteiger charge is 2.43. The molecule has 0 spiro atoms. The van der Waals surface area contributed by atoms with Gasteiger partial charge < -0.3 is 15.7 Å². The van der Waals surface area contributed by atoms with E-state index in [0.29, 0.717) is 12.0 Å². The monoisotopic (exact) mass is 347 g/mol. The highest BCUT2D eigenvalue weighted by molar-refractivity contribution is 6.07.